The molecule has 0 radical (unpaired) electrons. The van der Waals surface area contributed by atoms with Crippen LogP contribution in [0.5, 0.6) is 46.0 Å². The molecule has 0 unspecified atom stereocenters. The molecule has 7 aromatic heterocycles. The number of aromatic hydroxyl groups is 1. The van der Waals surface area contributed by atoms with Crippen LogP contribution in [-0.2, 0) is 99.4 Å². The first-order valence-electron chi connectivity index (χ1n) is 42.1. The maximum Gasteiger partial charge on any atom is 2.00 e. The number of fused-ring (bicyclic) bond motifs is 21. The molecule has 7 aliphatic heterocycles. The van der Waals surface area contributed by atoms with E-state index in [9.17, 15) is 5.11 Å². The fraction of sp³-hybridized carbons (Fsp3) is 0.163. The summed E-state index contributed by atoms with van der Waals surface area (Å²) >= 11 is 3.44. The Hall–Kier alpha value is -14.1. The minimum atomic E-state index is 0. The molecule has 126 heavy (non-hydrogen) atoms. The van der Waals surface area contributed by atoms with E-state index in [1.807, 2.05) is 119 Å². The van der Waals surface area contributed by atoms with Crippen molar-refractivity contribution in [2.75, 3.05) is 7.11 Å². The van der Waals surface area contributed by atoms with E-state index in [4.69, 9.17) is 43.6 Å². The summed E-state index contributed by atoms with van der Waals surface area (Å²) in [6.45, 7) is 14.2. The third-order valence-electron chi connectivity index (χ3n) is 24.3. The SMILES string of the molecule is Brc1ccc2c(c1)-c1nccn1CO2.COc1ccc2c(c1)-c1nc(-c3ccccc3C)cn1CC2.Cc1ccccc1-c1cn2c(n1)-c1[c-]c(Oc3[c-]c4c(cc3)CCn3ccnc3-4)ccc1CC2.Cc1ccccc1-c1cn2c(n1)-c1cc(O)ccc1CC2.Cc1ccccc1-c1cn2c(n1)-c1cc(Oc3ccc4c(c3)-c3nccn3CO4)ccc1CC2.[Pt+2]. The van der Waals surface area contributed by atoms with Crippen LogP contribution in [0.2, 0.25) is 0 Å². The molecule has 20 nitrogen and oxygen atoms in total. The molecular formula is C104H85BrN14O6Pt. The number of phenolic OH excluding ortho intramolecular Hbond substituents is 1. The van der Waals surface area contributed by atoms with Gasteiger partial charge in [0.15, 0.2) is 13.5 Å². The average molecular weight is 1900 g/mol. The Labute approximate surface area is 752 Å². The van der Waals surface area contributed by atoms with Crippen LogP contribution in [0.3, 0.4) is 0 Å². The molecule has 14 heterocycles. The Balaban J connectivity index is 0.000000102. The Bertz CT molecular complexity index is 6970. The van der Waals surface area contributed by atoms with E-state index >= 15 is 0 Å². The van der Waals surface area contributed by atoms with Crippen LogP contribution < -0.4 is 23.7 Å². The van der Waals surface area contributed by atoms with Crippen LogP contribution in [0.15, 0.2) is 279 Å². The van der Waals surface area contributed by atoms with Crippen LogP contribution in [0, 0.1) is 39.8 Å². The quantitative estimate of drug-likeness (QED) is 0.134. The third-order valence-corrected chi connectivity index (χ3v) is 24.8. The number of halogens is 1. The van der Waals surface area contributed by atoms with E-state index in [1.165, 1.54) is 77.9 Å². The molecule has 7 aliphatic rings. The Kier molecular flexibility index (Phi) is 21.8. The fourth-order valence-electron chi connectivity index (χ4n) is 17.7. The summed E-state index contributed by atoms with van der Waals surface area (Å²) in [6, 6.07) is 78.6. The van der Waals surface area contributed by atoms with Gasteiger partial charge in [-0.15, -0.1) is 46.5 Å². The number of imidazole rings is 7. The molecule has 0 bridgehead atoms. The van der Waals surface area contributed by atoms with Gasteiger partial charge >= 0.3 is 21.1 Å². The van der Waals surface area contributed by atoms with Crippen LogP contribution in [-0.4, -0.2) is 79.1 Å². The molecule has 11 aromatic carbocycles. The van der Waals surface area contributed by atoms with Crippen molar-refractivity contribution < 1.29 is 49.9 Å². The maximum absolute atomic E-state index is 9.74. The van der Waals surface area contributed by atoms with Crippen molar-refractivity contribution in [3.05, 3.63) is 341 Å². The molecule has 0 aliphatic carbocycles. The molecule has 0 fully saturated rings. The van der Waals surface area contributed by atoms with Gasteiger partial charge in [-0.05, 0) is 172 Å². The standard InChI is InChI=1S/C29H22N4O.C28H22N4O2.C19H18N2O.C18H16N2O.C10H7BrN2O.Pt/c1-19-4-2-3-5-24(19)27-18-33-14-11-21-7-9-23(17-26(21)29(33)31-27)34-22-8-6-20-10-13-32-15-12-30-28(32)25(20)16-22;1-18-4-2-3-5-22(18)25-16-31-12-10-19-6-7-20(14-23(19)28(31)30-25)34-21-8-9-26-24(15-21)27-29-11-13-32(27)17-33-26;1-13-5-3-4-6-16(13)18-12-21-10-9-14-7-8-15(22-2)11-17(14)19(21)20-18;1-12-4-2-3-5-15(12)17-11-20-9-8-13-6-7-14(21)10-16(13)18(20)19-17;11-7-1-2-9-8(5-7)10-12-3-4-13(10)6-14-9;/h2-9,12,15,18H,10-11,13-14H2,1H3;2-9,11,13-16H,10,12,17H2,1H3;3-8,11-12H,9-10H2,1-2H3;2-7,10-11,21H,8-9H2,1H3;1-5H,6H2;/q-2;;;;;+2. The number of phenols is 1. The molecule has 0 amide bonds. The molecule has 0 saturated heterocycles. The van der Waals surface area contributed by atoms with Crippen LogP contribution in [0.1, 0.15) is 50.1 Å². The molecule has 1 N–H and O–H groups in total. The van der Waals surface area contributed by atoms with E-state index in [0.29, 0.717) is 30.7 Å². The number of benzene rings is 11. The van der Waals surface area contributed by atoms with Crippen molar-refractivity contribution in [1.82, 2.24) is 66.9 Å². The number of rotatable bonds is 9. The van der Waals surface area contributed by atoms with Crippen molar-refractivity contribution in [2.45, 2.75) is 106 Å². The topological polar surface area (TPSA) is 191 Å². The molecule has 18 aromatic rings. The predicted octanol–water partition coefficient (Wildman–Crippen LogP) is 22.5. The summed E-state index contributed by atoms with van der Waals surface area (Å²) < 4.78 is 45.4. The molecule has 0 spiro atoms. The van der Waals surface area contributed by atoms with E-state index in [1.54, 1.807) is 25.6 Å². The average Bonchev–Trinajstić information content (AvgIpc) is 1.60. The number of hydrogen-bond donors (Lipinski definition) is 1. The van der Waals surface area contributed by atoms with Gasteiger partial charge in [0.1, 0.15) is 63.6 Å². The monoisotopic (exact) mass is 1900 g/mol. The van der Waals surface area contributed by atoms with E-state index < -0.39 is 0 Å². The van der Waals surface area contributed by atoms with Gasteiger partial charge in [-0.1, -0.05) is 143 Å². The largest absolute Gasteiger partial charge is 2.00 e. The van der Waals surface area contributed by atoms with Gasteiger partial charge in [-0.25, -0.2) is 24.9 Å². The summed E-state index contributed by atoms with van der Waals surface area (Å²) in [4.78, 5) is 33.1. The normalized spacial score (nSPS) is 13.0. The summed E-state index contributed by atoms with van der Waals surface area (Å²) in [5.41, 5.74) is 27.4. The van der Waals surface area contributed by atoms with Crippen molar-refractivity contribution in [1.29, 1.82) is 0 Å². The first-order valence-corrected chi connectivity index (χ1v) is 42.9. The van der Waals surface area contributed by atoms with Gasteiger partial charge in [0.05, 0.1) is 52.7 Å². The van der Waals surface area contributed by atoms with Gasteiger partial charge in [-0.2, -0.15) is 0 Å². The van der Waals surface area contributed by atoms with Gasteiger partial charge in [0, 0.05) is 150 Å². The summed E-state index contributed by atoms with van der Waals surface area (Å²) in [6.07, 6.45) is 24.8. The molecule has 624 valence electrons. The Morgan fingerprint density at radius 1 is 0.341 bits per heavy atom. The number of ether oxygens (including phenoxy) is 5. The maximum atomic E-state index is 9.74. The summed E-state index contributed by atoms with van der Waals surface area (Å²) in [7, 11) is 1.70. The van der Waals surface area contributed by atoms with Crippen molar-refractivity contribution in [3.63, 3.8) is 0 Å². The van der Waals surface area contributed by atoms with Crippen LogP contribution in [0.4, 0.5) is 0 Å². The van der Waals surface area contributed by atoms with E-state index in [-0.39, 0.29) is 21.1 Å². The Morgan fingerprint density at radius 3 is 1.19 bits per heavy atom. The summed E-state index contributed by atoms with van der Waals surface area (Å²) in [5, 5.41) is 9.74. The minimum absolute atomic E-state index is 0. The van der Waals surface area contributed by atoms with Gasteiger partial charge in [0.2, 0.25) is 0 Å². The van der Waals surface area contributed by atoms with E-state index in [2.05, 4.69) is 240 Å². The Morgan fingerprint density at radius 2 is 0.706 bits per heavy atom. The zero-order valence-corrected chi connectivity index (χ0v) is 73.8. The van der Waals surface area contributed by atoms with Gasteiger partial charge < -0.3 is 51.6 Å². The summed E-state index contributed by atoms with van der Waals surface area (Å²) in [5.74, 6) is 12.5. The number of methoxy groups -OCH3 is 1. The molecule has 0 atom stereocenters. The minimum Gasteiger partial charge on any atom is -0.508 e. The van der Waals surface area contributed by atoms with Crippen molar-refractivity contribution in [2.24, 2.45) is 0 Å². The molecule has 25 rings (SSSR count). The molecule has 0 saturated carbocycles. The van der Waals surface area contributed by atoms with Crippen molar-refractivity contribution in [3.8, 4) is 171 Å². The smallest absolute Gasteiger partial charge is 0.508 e. The second-order valence-corrected chi connectivity index (χ2v) is 33.1. The van der Waals surface area contributed by atoms with Crippen LogP contribution in [0.25, 0.3) is 125 Å². The molecular weight excluding hydrogens is 1820 g/mol. The second kappa shape index (κ2) is 34.2. The van der Waals surface area contributed by atoms with E-state index in [0.717, 1.165) is 195 Å². The number of nitrogens with zero attached hydrogens (tertiary/aromatic N) is 14. The fourth-order valence-corrected chi connectivity index (χ4v) is 18.0. The third kappa shape index (κ3) is 15.7. The first-order chi connectivity index (χ1) is 61.3. The number of aromatic nitrogens is 14. The number of aryl methyl sites for hydroxylation is 14. The zero-order valence-electron chi connectivity index (χ0n) is 69.9. The number of hydrogen-bond acceptors (Lipinski definition) is 13. The van der Waals surface area contributed by atoms with Crippen LogP contribution >= 0.6 is 15.9 Å². The van der Waals surface area contributed by atoms with Gasteiger partial charge in [0.25, 0.3) is 0 Å². The predicted molar refractivity (Wildman–Crippen MR) is 488 cm³/mol. The first kappa shape index (κ1) is 80.3. The van der Waals surface area contributed by atoms with Gasteiger partial charge in [-0.3, -0.25) is 19.1 Å². The van der Waals surface area contributed by atoms with Crippen molar-refractivity contribution >= 4 is 15.9 Å². The molecule has 22 heteroatoms. The second-order valence-electron chi connectivity index (χ2n) is 32.1. The zero-order chi connectivity index (χ0) is 84.3.